The Hall–Kier alpha value is -2.63. The molecule has 0 saturated heterocycles. The number of carbonyl (C=O) groups excluding carboxylic acids is 3. The number of unbranched alkanes of at least 4 members (excludes halogenated alkanes) is 46. The molecule has 0 aliphatic rings. The second kappa shape index (κ2) is 67.9. The van der Waals surface area contributed by atoms with Crippen LogP contribution in [0.15, 0.2) is 48.6 Å². The summed E-state index contributed by atoms with van der Waals surface area (Å²) in [5.41, 5.74) is 0. The van der Waals surface area contributed by atoms with Gasteiger partial charge in [0.15, 0.2) is 6.10 Å². The van der Waals surface area contributed by atoms with E-state index in [1.54, 1.807) is 0 Å². The molecule has 0 radical (unpaired) electrons. The van der Waals surface area contributed by atoms with E-state index >= 15 is 0 Å². The van der Waals surface area contributed by atoms with Crippen molar-refractivity contribution in [1.29, 1.82) is 0 Å². The maximum atomic E-state index is 12.9. The summed E-state index contributed by atoms with van der Waals surface area (Å²) in [4.78, 5) is 38.5. The van der Waals surface area contributed by atoms with Gasteiger partial charge in [0.2, 0.25) is 0 Å². The van der Waals surface area contributed by atoms with Crippen LogP contribution in [-0.4, -0.2) is 37.2 Å². The first-order chi connectivity index (χ1) is 39.0. The van der Waals surface area contributed by atoms with Crippen LogP contribution in [0.4, 0.5) is 0 Å². The zero-order valence-corrected chi connectivity index (χ0v) is 53.2. The van der Waals surface area contributed by atoms with Gasteiger partial charge in [-0.25, -0.2) is 0 Å². The predicted octanol–water partition coefficient (Wildman–Crippen LogP) is 24.1. The summed E-state index contributed by atoms with van der Waals surface area (Å²) < 4.78 is 17.0. The lowest BCUT2D eigenvalue weighted by Crippen LogP contribution is -2.30. The highest BCUT2D eigenvalue weighted by Crippen LogP contribution is 2.18. The molecule has 0 spiro atoms. The summed E-state index contributed by atoms with van der Waals surface area (Å²) in [7, 11) is 0. The Labute approximate surface area is 492 Å². The van der Waals surface area contributed by atoms with Crippen molar-refractivity contribution in [3.8, 4) is 0 Å². The molecule has 0 heterocycles. The molecule has 0 aliphatic carbocycles. The molecular formula is C73H134O6. The van der Waals surface area contributed by atoms with Gasteiger partial charge in [0.25, 0.3) is 0 Å². The van der Waals surface area contributed by atoms with Gasteiger partial charge in [0, 0.05) is 19.3 Å². The van der Waals surface area contributed by atoms with Crippen molar-refractivity contribution >= 4 is 17.9 Å². The summed E-state index contributed by atoms with van der Waals surface area (Å²) in [5.74, 6) is -0.860. The van der Waals surface area contributed by atoms with Gasteiger partial charge < -0.3 is 14.2 Å². The fourth-order valence-electron chi connectivity index (χ4n) is 10.5. The van der Waals surface area contributed by atoms with Crippen molar-refractivity contribution in [3.63, 3.8) is 0 Å². The number of allylic oxidation sites excluding steroid dienone is 8. The van der Waals surface area contributed by atoms with Crippen molar-refractivity contribution < 1.29 is 28.6 Å². The minimum absolute atomic E-state index is 0.0733. The number of hydrogen-bond donors (Lipinski definition) is 0. The first kappa shape index (κ1) is 76.4. The van der Waals surface area contributed by atoms with Gasteiger partial charge in [-0.1, -0.05) is 326 Å². The summed E-state index contributed by atoms with van der Waals surface area (Å²) in [6.45, 7) is 6.65. The molecule has 0 rings (SSSR count). The van der Waals surface area contributed by atoms with Crippen LogP contribution in [-0.2, 0) is 28.6 Å². The predicted molar refractivity (Wildman–Crippen MR) is 344 cm³/mol. The molecule has 0 amide bonds. The molecule has 0 fully saturated rings. The van der Waals surface area contributed by atoms with Crippen molar-refractivity contribution in [2.45, 2.75) is 386 Å². The average molecular weight is 1110 g/mol. The minimum Gasteiger partial charge on any atom is -0.462 e. The van der Waals surface area contributed by atoms with Crippen LogP contribution in [0.5, 0.6) is 0 Å². The third kappa shape index (κ3) is 66.1. The van der Waals surface area contributed by atoms with E-state index in [2.05, 4.69) is 69.4 Å². The van der Waals surface area contributed by atoms with Crippen molar-refractivity contribution in [2.75, 3.05) is 13.2 Å². The quantitative estimate of drug-likeness (QED) is 0.0261. The highest BCUT2D eigenvalue weighted by Gasteiger charge is 2.19. The highest BCUT2D eigenvalue weighted by molar-refractivity contribution is 5.71. The fourth-order valence-corrected chi connectivity index (χ4v) is 10.5. The highest BCUT2D eigenvalue weighted by atomic mass is 16.6. The zero-order chi connectivity index (χ0) is 57.1. The minimum atomic E-state index is -0.779. The van der Waals surface area contributed by atoms with Crippen LogP contribution in [0.1, 0.15) is 380 Å². The smallest absolute Gasteiger partial charge is 0.306 e. The largest absolute Gasteiger partial charge is 0.462 e. The molecule has 0 bridgehead atoms. The van der Waals surface area contributed by atoms with Crippen molar-refractivity contribution in [1.82, 2.24) is 0 Å². The number of ether oxygens (including phenoxy) is 3. The Kier molecular flexibility index (Phi) is 65.6. The first-order valence-electron chi connectivity index (χ1n) is 35.1. The SMILES string of the molecule is CCCCC/C=C\C/C=C\CCCCCCCCCCCC(=O)OC(COC(=O)CCCCCCCCC/C=C\C/C=C\CCCCC)COC(=O)CCCCCCCCCCCCCCCCCCCCCCCCCCC. The molecule has 0 aromatic carbocycles. The van der Waals surface area contributed by atoms with Crippen LogP contribution in [0.3, 0.4) is 0 Å². The molecule has 1 unspecified atom stereocenters. The Balaban J connectivity index is 4.29. The molecular weight excluding hydrogens is 973 g/mol. The summed E-state index contributed by atoms with van der Waals surface area (Å²) in [5, 5.41) is 0. The van der Waals surface area contributed by atoms with E-state index in [4.69, 9.17) is 14.2 Å². The first-order valence-corrected chi connectivity index (χ1v) is 35.1. The maximum absolute atomic E-state index is 12.9. The van der Waals surface area contributed by atoms with Crippen LogP contribution < -0.4 is 0 Å². The van der Waals surface area contributed by atoms with E-state index in [0.29, 0.717) is 19.3 Å². The van der Waals surface area contributed by atoms with E-state index in [1.165, 1.54) is 263 Å². The molecule has 462 valence electrons. The Bertz CT molecular complexity index is 1360. The Morgan fingerprint density at radius 1 is 0.253 bits per heavy atom. The van der Waals surface area contributed by atoms with Crippen LogP contribution in [0.2, 0.25) is 0 Å². The standard InChI is InChI=1S/C73H134O6/c1-4-7-10-13-16-19-22-25-28-31-33-34-35-36-37-38-40-42-45-48-51-54-57-60-63-66-72(75)78-69-70(68-77-71(74)65-62-59-56-53-50-47-44-41-30-27-24-21-18-15-12-9-6-3)79-73(76)67-64-61-58-55-52-49-46-43-39-32-29-26-23-20-17-14-11-8-5-2/h17-18,20-21,26-27,29-30,70H,4-16,19,22-25,28,31-69H2,1-3H3/b20-17-,21-18-,29-26-,30-27-. The third-order valence-corrected chi connectivity index (χ3v) is 15.8. The number of rotatable bonds is 65. The van der Waals surface area contributed by atoms with Crippen LogP contribution in [0.25, 0.3) is 0 Å². The topological polar surface area (TPSA) is 78.9 Å². The summed E-state index contributed by atoms with van der Waals surface area (Å²) >= 11 is 0. The molecule has 6 nitrogen and oxygen atoms in total. The molecule has 79 heavy (non-hydrogen) atoms. The third-order valence-electron chi connectivity index (χ3n) is 15.8. The van der Waals surface area contributed by atoms with E-state index in [-0.39, 0.29) is 31.1 Å². The average Bonchev–Trinajstić information content (AvgIpc) is 3.45. The molecule has 0 aromatic rings. The number of esters is 3. The molecule has 1 atom stereocenters. The van der Waals surface area contributed by atoms with E-state index in [0.717, 1.165) is 77.0 Å². The second-order valence-corrected chi connectivity index (χ2v) is 23.8. The summed E-state index contributed by atoms with van der Waals surface area (Å²) in [6.07, 6.45) is 85.6. The lowest BCUT2D eigenvalue weighted by Gasteiger charge is -2.18. The zero-order valence-electron chi connectivity index (χ0n) is 53.2. The van der Waals surface area contributed by atoms with Gasteiger partial charge in [-0.05, 0) is 83.5 Å². The van der Waals surface area contributed by atoms with Crippen LogP contribution in [0, 0.1) is 0 Å². The van der Waals surface area contributed by atoms with E-state index in [1.807, 2.05) is 0 Å². The summed E-state index contributed by atoms with van der Waals surface area (Å²) in [6, 6.07) is 0. The molecule has 0 saturated carbocycles. The van der Waals surface area contributed by atoms with Gasteiger partial charge >= 0.3 is 17.9 Å². The maximum Gasteiger partial charge on any atom is 0.306 e. The number of carbonyl (C=O) groups is 3. The van der Waals surface area contributed by atoms with E-state index < -0.39 is 6.10 Å². The lowest BCUT2D eigenvalue weighted by molar-refractivity contribution is -0.167. The van der Waals surface area contributed by atoms with Crippen molar-refractivity contribution in [3.05, 3.63) is 48.6 Å². The molecule has 0 aromatic heterocycles. The Morgan fingerprint density at radius 2 is 0.456 bits per heavy atom. The molecule has 6 heteroatoms. The van der Waals surface area contributed by atoms with Crippen molar-refractivity contribution in [2.24, 2.45) is 0 Å². The Morgan fingerprint density at radius 3 is 0.722 bits per heavy atom. The van der Waals surface area contributed by atoms with E-state index in [9.17, 15) is 14.4 Å². The van der Waals surface area contributed by atoms with Gasteiger partial charge in [-0.2, -0.15) is 0 Å². The van der Waals surface area contributed by atoms with Gasteiger partial charge in [0.1, 0.15) is 13.2 Å². The normalized spacial score (nSPS) is 12.3. The monoisotopic (exact) mass is 1110 g/mol. The number of hydrogen-bond acceptors (Lipinski definition) is 6. The molecule has 0 N–H and O–H groups in total. The van der Waals surface area contributed by atoms with Crippen LogP contribution >= 0.6 is 0 Å². The second-order valence-electron chi connectivity index (χ2n) is 23.8. The fraction of sp³-hybridized carbons (Fsp3) is 0.849. The van der Waals surface area contributed by atoms with Gasteiger partial charge in [-0.3, -0.25) is 14.4 Å². The lowest BCUT2D eigenvalue weighted by atomic mass is 10.0. The van der Waals surface area contributed by atoms with Gasteiger partial charge in [0.05, 0.1) is 0 Å². The van der Waals surface area contributed by atoms with Gasteiger partial charge in [-0.15, -0.1) is 0 Å². The molecule has 0 aliphatic heterocycles.